The lowest BCUT2D eigenvalue weighted by molar-refractivity contribution is 0.510. The number of aromatic amines is 1. The predicted octanol–water partition coefficient (Wildman–Crippen LogP) is 4.58. The van der Waals surface area contributed by atoms with Gasteiger partial charge in [0.15, 0.2) is 11.6 Å². The van der Waals surface area contributed by atoms with Crippen LogP contribution in [0.1, 0.15) is 5.56 Å². The van der Waals surface area contributed by atoms with Gasteiger partial charge in [0.25, 0.3) is 0 Å². The maximum absolute atomic E-state index is 13.2. The number of benzene rings is 2. The van der Waals surface area contributed by atoms with Gasteiger partial charge in [-0.15, -0.1) is 0 Å². The average molecular weight is 323 g/mol. The van der Waals surface area contributed by atoms with Crippen molar-refractivity contribution in [3.63, 3.8) is 0 Å². The molecule has 1 aromatic heterocycles. The fourth-order valence-electron chi connectivity index (χ4n) is 1.95. The van der Waals surface area contributed by atoms with Crippen molar-refractivity contribution in [2.24, 2.45) is 0 Å². The number of hydrogen-bond acceptors (Lipinski definition) is 1. The summed E-state index contributed by atoms with van der Waals surface area (Å²) in [6.07, 6.45) is 0. The minimum absolute atomic E-state index is 0.405. The number of H-pyrrole nitrogens is 1. The second kappa shape index (κ2) is 4.42. The van der Waals surface area contributed by atoms with Crippen LogP contribution in [0.2, 0.25) is 0 Å². The predicted molar refractivity (Wildman–Crippen MR) is 73.9 cm³/mol. The van der Waals surface area contributed by atoms with E-state index in [0.717, 1.165) is 27.7 Å². The summed E-state index contributed by atoms with van der Waals surface area (Å²) in [6.45, 7) is 1.97. The summed E-state index contributed by atoms with van der Waals surface area (Å²) in [5.41, 5.74) is 2.82. The number of aromatic nitrogens is 2. The minimum Gasteiger partial charge on any atom is -0.338 e. The molecular weight excluding hydrogens is 314 g/mol. The highest BCUT2D eigenvalue weighted by atomic mass is 79.9. The quantitative estimate of drug-likeness (QED) is 0.698. The minimum atomic E-state index is -0.895. The van der Waals surface area contributed by atoms with Crippen LogP contribution in [-0.2, 0) is 0 Å². The summed E-state index contributed by atoms with van der Waals surface area (Å²) < 4.78 is 27.2. The summed E-state index contributed by atoms with van der Waals surface area (Å²) in [5.74, 6) is -1.20. The molecule has 0 saturated carbocycles. The van der Waals surface area contributed by atoms with Crippen molar-refractivity contribution in [1.29, 1.82) is 0 Å². The van der Waals surface area contributed by atoms with Crippen LogP contribution in [0.15, 0.2) is 34.8 Å². The lowest BCUT2D eigenvalue weighted by atomic mass is 10.1. The van der Waals surface area contributed by atoms with E-state index in [0.29, 0.717) is 16.9 Å². The number of fused-ring (bicyclic) bond motifs is 1. The van der Waals surface area contributed by atoms with Gasteiger partial charge in [-0.05, 0) is 19.1 Å². The molecule has 0 unspecified atom stereocenters. The van der Waals surface area contributed by atoms with Crippen molar-refractivity contribution < 1.29 is 8.78 Å². The standard InChI is InChI=1S/C14H9BrF2N2/c1-7-2-3-9(15)8(4-7)14-18-12-5-10(16)11(17)6-13(12)19-14/h2-6H,1H3,(H,18,19). The summed E-state index contributed by atoms with van der Waals surface area (Å²) in [5, 5.41) is 0. The Labute approximate surface area is 116 Å². The Kier molecular flexibility index (Phi) is 2.86. The molecule has 96 valence electrons. The third-order valence-corrected chi connectivity index (χ3v) is 3.59. The molecule has 5 heteroatoms. The number of rotatable bonds is 1. The normalized spacial score (nSPS) is 11.2. The summed E-state index contributed by atoms with van der Waals surface area (Å²) in [6, 6.07) is 8.04. The molecular formula is C14H9BrF2N2. The molecule has 0 fully saturated rings. The molecule has 0 saturated heterocycles. The van der Waals surface area contributed by atoms with Gasteiger partial charge in [0.1, 0.15) is 5.82 Å². The summed E-state index contributed by atoms with van der Waals surface area (Å²) in [4.78, 5) is 7.29. The van der Waals surface area contributed by atoms with Gasteiger partial charge < -0.3 is 4.98 Å². The molecule has 3 aromatic rings. The molecule has 1 N–H and O–H groups in total. The SMILES string of the molecule is Cc1ccc(Br)c(-c2nc3cc(F)c(F)cc3[nH]2)c1. The van der Waals surface area contributed by atoms with Gasteiger partial charge in [0, 0.05) is 22.2 Å². The lowest BCUT2D eigenvalue weighted by Gasteiger charge is -2.01. The number of halogens is 3. The number of imidazole rings is 1. The molecule has 0 atom stereocenters. The maximum atomic E-state index is 13.2. The van der Waals surface area contributed by atoms with Gasteiger partial charge >= 0.3 is 0 Å². The van der Waals surface area contributed by atoms with Gasteiger partial charge in [0.05, 0.1) is 11.0 Å². The van der Waals surface area contributed by atoms with Crippen molar-refractivity contribution in [2.45, 2.75) is 6.92 Å². The Hall–Kier alpha value is -1.75. The van der Waals surface area contributed by atoms with E-state index in [4.69, 9.17) is 0 Å². The molecule has 0 bridgehead atoms. The number of hydrogen-bond donors (Lipinski definition) is 1. The Bertz CT molecular complexity index is 741. The topological polar surface area (TPSA) is 28.7 Å². The van der Waals surface area contributed by atoms with Crippen LogP contribution in [0.3, 0.4) is 0 Å². The van der Waals surface area contributed by atoms with Crippen molar-refractivity contribution in [3.8, 4) is 11.4 Å². The zero-order chi connectivity index (χ0) is 13.6. The molecule has 0 amide bonds. The number of aryl methyl sites for hydroxylation is 1. The lowest BCUT2D eigenvalue weighted by Crippen LogP contribution is -1.83. The molecule has 0 aliphatic carbocycles. The van der Waals surface area contributed by atoms with E-state index in [1.54, 1.807) is 0 Å². The number of nitrogens with one attached hydrogen (secondary N) is 1. The highest BCUT2D eigenvalue weighted by molar-refractivity contribution is 9.10. The summed E-state index contributed by atoms with van der Waals surface area (Å²) >= 11 is 3.45. The van der Waals surface area contributed by atoms with E-state index >= 15 is 0 Å². The van der Waals surface area contributed by atoms with Crippen LogP contribution >= 0.6 is 15.9 Å². The van der Waals surface area contributed by atoms with E-state index in [1.165, 1.54) is 0 Å². The van der Waals surface area contributed by atoms with Gasteiger partial charge in [-0.25, -0.2) is 13.8 Å². The molecule has 0 aliphatic heterocycles. The molecule has 19 heavy (non-hydrogen) atoms. The smallest absolute Gasteiger partial charge is 0.161 e. The fraction of sp³-hybridized carbons (Fsp3) is 0.0714. The third kappa shape index (κ3) is 2.14. The average Bonchev–Trinajstić information content (AvgIpc) is 2.75. The van der Waals surface area contributed by atoms with Crippen LogP contribution in [0, 0.1) is 18.6 Å². The van der Waals surface area contributed by atoms with E-state index in [2.05, 4.69) is 25.9 Å². The number of nitrogens with zero attached hydrogens (tertiary/aromatic N) is 1. The highest BCUT2D eigenvalue weighted by Gasteiger charge is 2.11. The second-order valence-corrected chi connectivity index (χ2v) is 5.21. The summed E-state index contributed by atoms with van der Waals surface area (Å²) in [7, 11) is 0. The largest absolute Gasteiger partial charge is 0.338 e. The Morgan fingerprint density at radius 2 is 1.84 bits per heavy atom. The Balaban J connectivity index is 2.23. The van der Waals surface area contributed by atoms with E-state index < -0.39 is 11.6 Å². The molecule has 2 nitrogen and oxygen atoms in total. The van der Waals surface area contributed by atoms with E-state index in [1.807, 2.05) is 25.1 Å². The van der Waals surface area contributed by atoms with Crippen molar-refractivity contribution >= 4 is 27.0 Å². The first-order valence-corrected chi connectivity index (χ1v) is 6.45. The van der Waals surface area contributed by atoms with Crippen LogP contribution in [0.25, 0.3) is 22.4 Å². The maximum Gasteiger partial charge on any atom is 0.161 e. The van der Waals surface area contributed by atoms with E-state index in [-0.39, 0.29) is 0 Å². The zero-order valence-corrected chi connectivity index (χ0v) is 11.6. The van der Waals surface area contributed by atoms with Crippen LogP contribution in [0.4, 0.5) is 8.78 Å². The van der Waals surface area contributed by atoms with Gasteiger partial charge in [-0.1, -0.05) is 27.6 Å². The van der Waals surface area contributed by atoms with Crippen LogP contribution < -0.4 is 0 Å². The third-order valence-electron chi connectivity index (χ3n) is 2.90. The van der Waals surface area contributed by atoms with E-state index in [9.17, 15) is 8.78 Å². The first-order chi connectivity index (χ1) is 9.04. The Morgan fingerprint density at radius 3 is 2.63 bits per heavy atom. The Morgan fingerprint density at radius 1 is 1.11 bits per heavy atom. The zero-order valence-electron chi connectivity index (χ0n) is 9.97. The van der Waals surface area contributed by atoms with Crippen LogP contribution in [-0.4, -0.2) is 9.97 Å². The van der Waals surface area contributed by atoms with Crippen molar-refractivity contribution in [1.82, 2.24) is 9.97 Å². The highest BCUT2D eigenvalue weighted by Crippen LogP contribution is 2.29. The second-order valence-electron chi connectivity index (χ2n) is 4.35. The molecule has 0 spiro atoms. The first-order valence-electron chi connectivity index (χ1n) is 5.66. The molecule has 0 aliphatic rings. The van der Waals surface area contributed by atoms with Crippen molar-refractivity contribution in [3.05, 3.63) is 52.0 Å². The molecule has 2 aromatic carbocycles. The fourth-order valence-corrected chi connectivity index (χ4v) is 2.39. The molecule has 0 radical (unpaired) electrons. The molecule has 3 rings (SSSR count). The van der Waals surface area contributed by atoms with Crippen LogP contribution in [0.5, 0.6) is 0 Å². The van der Waals surface area contributed by atoms with Gasteiger partial charge in [-0.3, -0.25) is 0 Å². The van der Waals surface area contributed by atoms with Gasteiger partial charge in [0.2, 0.25) is 0 Å². The first kappa shape index (κ1) is 12.3. The molecule has 1 heterocycles. The van der Waals surface area contributed by atoms with Gasteiger partial charge in [-0.2, -0.15) is 0 Å². The van der Waals surface area contributed by atoms with Crippen molar-refractivity contribution in [2.75, 3.05) is 0 Å². The monoisotopic (exact) mass is 322 g/mol.